The van der Waals surface area contributed by atoms with Gasteiger partial charge in [0.25, 0.3) is 5.91 Å². The van der Waals surface area contributed by atoms with Crippen molar-refractivity contribution in [1.82, 2.24) is 4.98 Å². The molecule has 4 nitrogen and oxygen atoms in total. The van der Waals surface area contributed by atoms with E-state index < -0.39 is 0 Å². The number of aryl methyl sites for hydroxylation is 1. The number of pyridine rings is 1. The molecule has 1 amide bonds. The Morgan fingerprint density at radius 2 is 2.19 bits per heavy atom. The number of fused-ring (bicyclic) bond motifs is 2. The van der Waals surface area contributed by atoms with Crippen molar-refractivity contribution in [3.63, 3.8) is 0 Å². The van der Waals surface area contributed by atoms with Crippen molar-refractivity contribution in [3.05, 3.63) is 66.2 Å². The van der Waals surface area contributed by atoms with Crippen LogP contribution in [0.1, 0.15) is 18.9 Å². The Hall–Kier alpha value is -2.95. The lowest BCUT2D eigenvalue weighted by Gasteiger charge is -2.35. The number of halogens is 1. The molecule has 0 saturated carbocycles. The van der Waals surface area contributed by atoms with E-state index in [0.717, 1.165) is 34.9 Å². The molecule has 0 saturated heterocycles. The summed E-state index contributed by atoms with van der Waals surface area (Å²) in [6, 6.07) is 12.2. The van der Waals surface area contributed by atoms with E-state index in [2.05, 4.69) is 4.98 Å². The van der Waals surface area contributed by atoms with Gasteiger partial charge in [-0.1, -0.05) is 12.1 Å². The summed E-state index contributed by atoms with van der Waals surface area (Å²) in [5, 5.41) is 1.88. The van der Waals surface area contributed by atoms with Crippen LogP contribution in [-0.2, 0) is 11.2 Å². The van der Waals surface area contributed by atoms with E-state index in [0.29, 0.717) is 5.75 Å². The molecule has 0 bridgehead atoms. The molecule has 0 radical (unpaired) electrons. The summed E-state index contributed by atoms with van der Waals surface area (Å²) in [5.41, 5.74) is 1.65. The maximum Gasteiger partial charge on any atom is 0.265 e. The van der Waals surface area contributed by atoms with E-state index in [1.165, 1.54) is 12.1 Å². The van der Waals surface area contributed by atoms with Crippen LogP contribution in [0.5, 0.6) is 5.75 Å². The van der Waals surface area contributed by atoms with Gasteiger partial charge in [0.2, 0.25) is 0 Å². The predicted octanol–water partition coefficient (Wildman–Crippen LogP) is 4.12. The molecule has 2 heterocycles. The molecule has 1 unspecified atom stereocenters. The number of hydrogen-bond acceptors (Lipinski definition) is 3. The number of amides is 1. The zero-order valence-electron chi connectivity index (χ0n) is 14.5. The molecule has 2 aromatic carbocycles. The minimum absolute atomic E-state index is 0.0563. The first-order chi connectivity index (χ1) is 12.6. The van der Waals surface area contributed by atoms with Crippen LogP contribution in [0.15, 0.2) is 54.9 Å². The Morgan fingerprint density at radius 1 is 1.31 bits per heavy atom. The van der Waals surface area contributed by atoms with Crippen LogP contribution in [0.25, 0.3) is 10.8 Å². The summed E-state index contributed by atoms with van der Waals surface area (Å²) >= 11 is 0. The fraction of sp³-hybridized carbons (Fsp3) is 0.238. The highest BCUT2D eigenvalue weighted by Crippen LogP contribution is 2.32. The molecule has 5 heteroatoms. The molecule has 1 aliphatic rings. The largest absolute Gasteiger partial charge is 0.483 e. The molecule has 0 spiro atoms. The number of benzene rings is 2. The van der Waals surface area contributed by atoms with Gasteiger partial charge in [0.05, 0.1) is 0 Å². The minimum Gasteiger partial charge on any atom is -0.483 e. The molecule has 3 aromatic rings. The lowest BCUT2D eigenvalue weighted by Crippen LogP contribution is -2.44. The van der Waals surface area contributed by atoms with Gasteiger partial charge in [-0.15, -0.1) is 0 Å². The smallest absolute Gasteiger partial charge is 0.265 e. The van der Waals surface area contributed by atoms with E-state index in [-0.39, 0.29) is 24.4 Å². The van der Waals surface area contributed by atoms with Crippen LogP contribution in [0.2, 0.25) is 0 Å². The molecule has 4 rings (SSSR count). The number of rotatable bonds is 3. The van der Waals surface area contributed by atoms with Crippen LogP contribution >= 0.6 is 0 Å². The van der Waals surface area contributed by atoms with E-state index in [4.69, 9.17) is 4.74 Å². The number of carbonyl (C=O) groups excluding carboxylic acids is 1. The second-order valence-electron chi connectivity index (χ2n) is 6.57. The zero-order valence-corrected chi connectivity index (χ0v) is 14.5. The second kappa shape index (κ2) is 6.75. The third-order valence-corrected chi connectivity index (χ3v) is 4.83. The highest BCUT2D eigenvalue weighted by atomic mass is 19.1. The van der Waals surface area contributed by atoms with Crippen LogP contribution in [-0.4, -0.2) is 23.5 Å². The maximum absolute atomic E-state index is 13.5. The summed E-state index contributed by atoms with van der Waals surface area (Å²) in [7, 11) is 0. The lowest BCUT2D eigenvalue weighted by atomic mass is 9.96. The topological polar surface area (TPSA) is 42.4 Å². The third-order valence-electron chi connectivity index (χ3n) is 4.83. The van der Waals surface area contributed by atoms with Crippen molar-refractivity contribution in [2.45, 2.75) is 25.8 Å². The molecule has 0 N–H and O–H groups in total. The number of ether oxygens (including phenoxy) is 1. The van der Waals surface area contributed by atoms with Crippen molar-refractivity contribution >= 4 is 22.4 Å². The first-order valence-corrected chi connectivity index (χ1v) is 8.69. The molecule has 1 atom stereocenters. The molecule has 132 valence electrons. The highest BCUT2D eigenvalue weighted by Gasteiger charge is 2.28. The molecule has 26 heavy (non-hydrogen) atoms. The van der Waals surface area contributed by atoms with Gasteiger partial charge >= 0.3 is 0 Å². The Labute approximate surface area is 151 Å². The van der Waals surface area contributed by atoms with Crippen LogP contribution in [0, 0.1) is 5.82 Å². The summed E-state index contributed by atoms with van der Waals surface area (Å²) in [6.07, 6.45) is 5.05. The number of aromatic nitrogens is 1. The van der Waals surface area contributed by atoms with Gasteiger partial charge < -0.3 is 9.64 Å². The summed E-state index contributed by atoms with van der Waals surface area (Å²) < 4.78 is 19.3. The minimum atomic E-state index is -0.272. The molecule has 0 aliphatic carbocycles. The SMILES string of the molecule is CC1CCc2cc(F)ccc2N1C(=O)COc1cccc2cnccc12. The van der Waals surface area contributed by atoms with Crippen molar-refractivity contribution < 1.29 is 13.9 Å². The normalized spacial score (nSPS) is 16.4. The maximum atomic E-state index is 13.5. The van der Waals surface area contributed by atoms with Gasteiger partial charge in [-0.05, 0) is 55.7 Å². The van der Waals surface area contributed by atoms with Crippen molar-refractivity contribution in [2.24, 2.45) is 0 Å². The molecular weight excluding hydrogens is 331 g/mol. The van der Waals surface area contributed by atoms with Crippen LogP contribution < -0.4 is 9.64 Å². The molecule has 1 aliphatic heterocycles. The van der Waals surface area contributed by atoms with Crippen molar-refractivity contribution in [1.29, 1.82) is 0 Å². The van der Waals surface area contributed by atoms with Gasteiger partial charge in [0, 0.05) is 34.9 Å². The van der Waals surface area contributed by atoms with Gasteiger partial charge in [0.1, 0.15) is 11.6 Å². The first kappa shape index (κ1) is 16.5. The van der Waals surface area contributed by atoms with Gasteiger partial charge in [-0.2, -0.15) is 0 Å². The quantitative estimate of drug-likeness (QED) is 0.714. The molecule has 1 aromatic heterocycles. The Bertz CT molecular complexity index is 968. The molecule has 0 fully saturated rings. The van der Waals surface area contributed by atoms with E-state index in [1.54, 1.807) is 23.4 Å². The molecular formula is C21H19FN2O2. The van der Waals surface area contributed by atoms with E-state index in [9.17, 15) is 9.18 Å². The van der Waals surface area contributed by atoms with Gasteiger partial charge in [0.15, 0.2) is 6.61 Å². The Kier molecular flexibility index (Phi) is 4.29. The number of nitrogens with zero attached hydrogens (tertiary/aromatic N) is 2. The average Bonchev–Trinajstić information content (AvgIpc) is 2.66. The fourth-order valence-corrected chi connectivity index (χ4v) is 3.53. The standard InChI is InChI=1S/C21H19FN2O2/c1-14-5-6-15-11-17(22)7-8-19(15)24(14)21(25)13-26-20-4-2-3-16-12-23-10-9-18(16)20/h2-4,7-12,14H,5-6,13H2,1H3. The average molecular weight is 350 g/mol. The van der Waals surface area contributed by atoms with Gasteiger partial charge in [-0.25, -0.2) is 4.39 Å². The number of anilines is 1. The Morgan fingerprint density at radius 3 is 3.08 bits per heavy atom. The van der Waals surface area contributed by atoms with Crippen LogP contribution in [0.4, 0.5) is 10.1 Å². The number of carbonyl (C=O) groups is 1. The fourth-order valence-electron chi connectivity index (χ4n) is 3.53. The van der Waals surface area contributed by atoms with Crippen molar-refractivity contribution in [3.8, 4) is 5.75 Å². The zero-order chi connectivity index (χ0) is 18.1. The van der Waals surface area contributed by atoms with E-state index in [1.807, 2.05) is 31.2 Å². The number of hydrogen-bond donors (Lipinski definition) is 0. The Balaban J connectivity index is 1.57. The summed E-state index contributed by atoms with van der Waals surface area (Å²) in [6.45, 7) is 1.94. The highest BCUT2D eigenvalue weighted by molar-refractivity contribution is 5.96. The van der Waals surface area contributed by atoms with E-state index >= 15 is 0 Å². The lowest BCUT2D eigenvalue weighted by molar-refractivity contribution is -0.121. The van der Waals surface area contributed by atoms with Crippen LogP contribution in [0.3, 0.4) is 0 Å². The second-order valence-corrected chi connectivity index (χ2v) is 6.57. The first-order valence-electron chi connectivity index (χ1n) is 8.69. The summed E-state index contributed by atoms with van der Waals surface area (Å²) in [4.78, 5) is 18.7. The van der Waals surface area contributed by atoms with Gasteiger partial charge in [-0.3, -0.25) is 9.78 Å². The monoisotopic (exact) mass is 350 g/mol. The predicted molar refractivity (Wildman–Crippen MR) is 98.9 cm³/mol. The van der Waals surface area contributed by atoms with Crippen molar-refractivity contribution in [2.75, 3.05) is 11.5 Å². The third kappa shape index (κ3) is 3.01. The summed E-state index contributed by atoms with van der Waals surface area (Å²) in [5.74, 6) is 0.254.